The summed E-state index contributed by atoms with van der Waals surface area (Å²) in [4.78, 5) is 30.2. The van der Waals surface area contributed by atoms with Crippen molar-refractivity contribution in [2.24, 2.45) is 22.1 Å². The Balaban J connectivity index is 1.16. The van der Waals surface area contributed by atoms with Crippen LogP contribution in [0.15, 0.2) is 77.2 Å². The molecule has 1 fully saturated rings. The lowest BCUT2D eigenvalue weighted by Gasteiger charge is -2.46. The van der Waals surface area contributed by atoms with Crippen molar-refractivity contribution in [3.63, 3.8) is 0 Å². The van der Waals surface area contributed by atoms with Gasteiger partial charge in [0.1, 0.15) is 21.8 Å². The van der Waals surface area contributed by atoms with Crippen LogP contribution in [0.4, 0.5) is 5.69 Å². The van der Waals surface area contributed by atoms with E-state index in [-0.39, 0.29) is 29.8 Å². The molecule has 7 atom stereocenters. The van der Waals surface area contributed by atoms with E-state index >= 15 is 0 Å². The highest BCUT2D eigenvalue weighted by Crippen LogP contribution is 2.47. The largest absolute Gasteiger partial charge is 0.490 e. The summed E-state index contributed by atoms with van der Waals surface area (Å²) in [6.45, 7) is 6.53. The number of aryl methyl sites for hydroxylation is 2. The van der Waals surface area contributed by atoms with Gasteiger partial charge in [-0.05, 0) is 104 Å². The lowest BCUT2D eigenvalue weighted by molar-refractivity contribution is -0.132. The number of rotatable bonds is 3. The number of hydrogen-bond acceptors (Lipinski definition) is 7. The van der Waals surface area contributed by atoms with Gasteiger partial charge in [0.15, 0.2) is 0 Å². The summed E-state index contributed by atoms with van der Waals surface area (Å²) in [5, 5.41) is 0. The highest BCUT2D eigenvalue weighted by atomic mass is 32.2. The molecule has 9 nitrogen and oxygen atoms in total. The van der Waals surface area contributed by atoms with Crippen LogP contribution in [0.3, 0.4) is 0 Å². The molecule has 0 saturated heterocycles. The summed E-state index contributed by atoms with van der Waals surface area (Å²) in [5.74, 6) is 0.225. The van der Waals surface area contributed by atoms with E-state index in [1.54, 1.807) is 13.2 Å². The number of anilines is 1. The van der Waals surface area contributed by atoms with Crippen molar-refractivity contribution < 1.29 is 28.0 Å². The maximum Gasteiger partial charge on any atom is 0.286 e. The predicted molar refractivity (Wildman–Crippen MR) is 207 cm³/mol. The fourth-order valence-electron chi connectivity index (χ4n) is 9.27. The maximum absolute atomic E-state index is 14.7. The minimum atomic E-state index is -3.53. The van der Waals surface area contributed by atoms with Crippen LogP contribution < -0.4 is 14.4 Å². The lowest BCUT2D eigenvalue weighted by atomic mass is 9.68. The topological polar surface area (TPSA) is 107 Å². The molecule has 3 heterocycles. The number of methoxy groups -OCH3 is 1. The van der Waals surface area contributed by atoms with E-state index in [2.05, 4.69) is 51.3 Å². The van der Waals surface area contributed by atoms with Crippen LogP contribution in [-0.4, -0.2) is 60.8 Å². The Kier molecular flexibility index (Phi) is 9.98. The second-order valence-electron chi connectivity index (χ2n) is 16.1. The summed E-state index contributed by atoms with van der Waals surface area (Å²) < 4.78 is 40.4. The Bertz CT molecular complexity index is 2050. The summed E-state index contributed by atoms with van der Waals surface area (Å²) in [7, 11) is -1.75. The molecule has 1 spiro atoms. The quantitative estimate of drug-likeness (QED) is 0.292. The first-order chi connectivity index (χ1) is 25.6. The lowest BCUT2D eigenvalue weighted by Crippen LogP contribution is -2.49. The van der Waals surface area contributed by atoms with Gasteiger partial charge in [0.05, 0.1) is 30.8 Å². The van der Waals surface area contributed by atoms with Crippen molar-refractivity contribution in [2.45, 2.75) is 83.0 Å². The molecule has 5 aliphatic rings. The average molecular weight is 738 g/mol. The van der Waals surface area contributed by atoms with E-state index < -0.39 is 27.8 Å². The van der Waals surface area contributed by atoms with Gasteiger partial charge in [-0.15, -0.1) is 4.36 Å². The van der Waals surface area contributed by atoms with E-state index in [0.717, 1.165) is 67.8 Å². The molecule has 2 bridgehead atoms. The van der Waals surface area contributed by atoms with E-state index in [1.807, 2.05) is 43.3 Å². The molecule has 0 radical (unpaired) electrons. The molecule has 3 aromatic carbocycles. The molecule has 8 rings (SSSR count). The fraction of sp³-hybridized carbons (Fsp3) is 0.488. The van der Waals surface area contributed by atoms with E-state index in [1.165, 1.54) is 16.7 Å². The van der Waals surface area contributed by atoms with E-state index in [0.29, 0.717) is 36.8 Å². The summed E-state index contributed by atoms with van der Waals surface area (Å²) in [5.41, 5.74) is 7.04. The molecule has 2 aliphatic carbocycles. The zero-order chi connectivity index (χ0) is 36.7. The van der Waals surface area contributed by atoms with Gasteiger partial charge in [-0.25, -0.2) is 4.21 Å². The number of ether oxygens (including phenoxy) is 3. The second kappa shape index (κ2) is 14.7. The number of benzene rings is 3. The predicted octanol–water partition coefficient (Wildman–Crippen LogP) is 6.89. The number of nitrogens with zero attached hydrogens (tertiary/aromatic N) is 2. The second-order valence-corrected chi connectivity index (χ2v) is 18.1. The van der Waals surface area contributed by atoms with Gasteiger partial charge in [-0.2, -0.15) is 0 Å². The molecule has 0 aromatic heterocycles. The van der Waals surface area contributed by atoms with Crippen LogP contribution in [-0.2, 0) is 49.0 Å². The number of nitrogens with one attached hydrogen (secondary N) is 1. The van der Waals surface area contributed by atoms with Crippen molar-refractivity contribution in [2.75, 3.05) is 37.5 Å². The third kappa shape index (κ3) is 7.30. The molecular weight excluding hydrogens is 687 g/mol. The Morgan fingerprint density at radius 1 is 1.08 bits per heavy atom. The Morgan fingerprint density at radius 3 is 2.74 bits per heavy atom. The first-order valence-electron chi connectivity index (χ1n) is 19.2. The summed E-state index contributed by atoms with van der Waals surface area (Å²) >= 11 is 0. The van der Waals surface area contributed by atoms with Crippen LogP contribution in [0, 0.1) is 24.7 Å². The highest BCUT2D eigenvalue weighted by Gasteiger charge is 2.44. The minimum Gasteiger partial charge on any atom is -0.490 e. The smallest absolute Gasteiger partial charge is 0.286 e. The number of fused-ring (bicyclic) bond motifs is 5. The van der Waals surface area contributed by atoms with Crippen LogP contribution in [0.25, 0.3) is 0 Å². The van der Waals surface area contributed by atoms with Gasteiger partial charge in [0, 0.05) is 37.6 Å². The van der Waals surface area contributed by atoms with Crippen molar-refractivity contribution >= 4 is 27.4 Å². The molecule has 3 aliphatic heterocycles. The van der Waals surface area contributed by atoms with Gasteiger partial charge in [0.25, 0.3) is 11.8 Å². The maximum atomic E-state index is 14.7. The molecule has 1 saturated carbocycles. The van der Waals surface area contributed by atoms with Crippen molar-refractivity contribution in [1.29, 1.82) is 0 Å². The number of hydrogen-bond donors (Lipinski definition) is 1. The fourth-order valence-corrected chi connectivity index (χ4v) is 11.2. The highest BCUT2D eigenvalue weighted by molar-refractivity contribution is 7.92. The number of amides is 2. The molecular formula is C43H51N3O6S. The number of carbonyl (C=O) groups is 2. The standard InChI is InChI=1S/C43H51N3O6S/c1-28-13-17-36-31(20-28)11-7-19-43(36)26-46-23-33-14-16-35(33)38(50-3)12-6-8-29(2)25-53(49,44-41(47)32-15-18-39(52-27-43)37(46)21-32)45-42(48)40-22-30-9-4-5-10-34(30)24-51-40/h4-6,9-10,12-13,15,17-18,20-21,29,33,35,38,40H,7-8,11,14,16,19,22-27H2,1-3H3,(H,44,45,47,48,49)/b12-6+/t29-,33-,35+,38-,40+,43-,53-/m0/s1. The molecule has 0 unspecified atom stereocenters. The van der Waals surface area contributed by atoms with Crippen LogP contribution in [0.5, 0.6) is 5.75 Å². The van der Waals surface area contributed by atoms with Gasteiger partial charge in [0.2, 0.25) is 0 Å². The van der Waals surface area contributed by atoms with Crippen molar-refractivity contribution in [3.05, 3.63) is 106 Å². The van der Waals surface area contributed by atoms with Crippen molar-refractivity contribution in [1.82, 2.24) is 4.72 Å². The van der Waals surface area contributed by atoms with Gasteiger partial charge >= 0.3 is 0 Å². The molecule has 2 amide bonds. The third-order valence-electron chi connectivity index (χ3n) is 12.2. The zero-order valence-electron chi connectivity index (χ0n) is 31.1. The van der Waals surface area contributed by atoms with E-state index in [4.69, 9.17) is 14.2 Å². The van der Waals surface area contributed by atoms with Gasteiger partial charge in [-0.3, -0.25) is 14.3 Å². The minimum absolute atomic E-state index is 0.0173. The third-order valence-corrected chi connectivity index (χ3v) is 14.2. The Labute approximate surface area is 313 Å². The zero-order valence-corrected chi connectivity index (χ0v) is 31.9. The molecule has 53 heavy (non-hydrogen) atoms. The van der Waals surface area contributed by atoms with Crippen LogP contribution in [0.1, 0.15) is 77.2 Å². The summed E-state index contributed by atoms with van der Waals surface area (Å²) in [6.07, 6.45) is 9.69. The Hall–Kier alpha value is -3.99. The monoisotopic (exact) mass is 737 g/mol. The first-order valence-corrected chi connectivity index (χ1v) is 20.9. The molecule has 1 N–H and O–H groups in total. The SMILES string of the molecule is CO[C@H]1/C=C/C[C@H](C)C[S@@](=O)(NC(=O)[C@H]2Cc3ccccc3CO2)=NC(=O)c2ccc3c(c2)N(C[C@@H]2CC[C@H]21)C[C@@]1(CCCc2cc(C)ccc21)CO3. The van der Waals surface area contributed by atoms with Crippen LogP contribution >= 0.6 is 0 Å². The molecule has 10 heteroatoms. The van der Waals surface area contributed by atoms with Crippen LogP contribution in [0.2, 0.25) is 0 Å². The van der Waals surface area contributed by atoms with Crippen molar-refractivity contribution in [3.8, 4) is 5.75 Å². The average Bonchev–Trinajstić information content (AvgIpc) is 3.28. The summed E-state index contributed by atoms with van der Waals surface area (Å²) in [6, 6.07) is 20.1. The first kappa shape index (κ1) is 36.0. The molecule has 280 valence electrons. The van der Waals surface area contributed by atoms with Gasteiger partial charge < -0.3 is 19.1 Å². The Morgan fingerprint density at radius 2 is 1.92 bits per heavy atom. The number of allylic oxidation sites excluding steroid dienone is 1. The van der Waals surface area contributed by atoms with Gasteiger partial charge in [-0.1, -0.05) is 67.1 Å². The normalized spacial score (nSPS) is 31.7. The van der Waals surface area contributed by atoms with E-state index in [9.17, 15) is 13.8 Å². The molecule has 3 aromatic rings. The number of carbonyl (C=O) groups excluding carboxylic acids is 2.